The molecule has 0 radical (unpaired) electrons. The van der Waals surface area contributed by atoms with E-state index >= 15 is 0 Å². The highest BCUT2D eigenvalue weighted by Gasteiger charge is 2.09. The first-order valence-electron chi connectivity index (χ1n) is 7.39. The third-order valence-electron chi connectivity index (χ3n) is 3.67. The lowest BCUT2D eigenvalue weighted by Crippen LogP contribution is -2.01. The van der Waals surface area contributed by atoms with Crippen molar-refractivity contribution in [2.75, 3.05) is 14.2 Å². The maximum Gasteiger partial charge on any atom is 0.161 e. The molecule has 0 bridgehead atoms. The molecule has 1 heterocycles. The highest BCUT2D eigenvalue weighted by Crippen LogP contribution is 2.30. The first-order chi connectivity index (χ1) is 11.7. The molecule has 7 heteroatoms. The van der Waals surface area contributed by atoms with Gasteiger partial charge in [-0.1, -0.05) is 6.07 Å². The second-order valence-electron chi connectivity index (χ2n) is 5.17. The Hall–Kier alpha value is -3.09. The summed E-state index contributed by atoms with van der Waals surface area (Å²) in [6.07, 6.45) is 1.54. The zero-order chi connectivity index (χ0) is 16.9. The molecule has 0 N–H and O–H groups in total. The predicted octanol–water partition coefficient (Wildman–Crippen LogP) is 2.57. The van der Waals surface area contributed by atoms with Gasteiger partial charge in [0.2, 0.25) is 0 Å². The summed E-state index contributed by atoms with van der Waals surface area (Å²) in [4.78, 5) is 0. The number of tetrazole rings is 1. The summed E-state index contributed by atoms with van der Waals surface area (Å²) in [7, 11) is 3.24. The van der Waals surface area contributed by atoms with Crippen LogP contribution in [0.5, 0.6) is 17.2 Å². The van der Waals surface area contributed by atoms with Crippen molar-refractivity contribution in [3.8, 4) is 22.9 Å². The van der Waals surface area contributed by atoms with Crippen LogP contribution in [0.1, 0.15) is 11.1 Å². The number of nitrogens with zero attached hydrogens (tertiary/aromatic N) is 4. The van der Waals surface area contributed by atoms with Crippen LogP contribution < -0.4 is 14.2 Å². The largest absolute Gasteiger partial charge is 0.493 e. The Morgan fingerprint density at radius 3 is 2.54 bits per heavy atom. The highest BCUT2D eigenvalue weighted by atomic mass is 16.5. The van der Waals surface area contributed by atoms with Crippen LogP contribution in [0.15, 0.2) is 42.7 Å². The molecular formula is C17H18N4O3. The number of benzene rings is 2. The summed E-state index contributed by atoms with van der Waals surface area (Å²) < 4.78 is 18.1. The molecule has 0 spiro atoms. The van der Waals surface area contributed by atoms with E-state index in [4.69, 9.17) is 14.2 Å². The fraction of sp³-hybridized carbons (Fsp3) is 0.235. The molecule has 0 aliphatic heterocycles. The number of hydrogen-bond donors (Lipinski definition) is 0. The minimum atomic E-state index is 0.422. The van der Waals surface area contributed by atoms with Crippen LogP contribution in [-0.4, -0.2) is 34.4 Å². The van der Waals surface area contributed by atoms with Crippen molar-refractivity contribution in [1.29, 1.82) is 0 Å². The number of aryl methyl sites for hydroxylation is 1. The van der Waals surface area contributed by atoms with E-state index in [2.05, 4.69) is 15.5 Å². The Bertz CT molecular complexity index is 819. The number of hydrogen-bond acceptors (Lipinski definition) is 6. The van der Waals surface area contributed by atoms with Crippen molar-refractivity contribution in [1.82, 2.24) is 20.2 Å². The van der Waals surface area contributed by atoms with Gasteiger partial charge in [-0.3, -0.25) is 0 Å². The Morgan fingerprint density at radius 2 is 1.83 bits per heavy atom. The van der Waals surface area contributed by atoms with Crippen molar-refractivity contribution in [3.05, 3.63) is 53.9 Å². The van der Waals surface area contributed by atoms with Gasteiger partial charge in [-0.05, 0) is 52.7 Å². The Kier molecular flexibility index (Phi) is 4.60. The zero-order valence-electron chi connectivity index (χ0n) is 13.8. The molecule has 3 aromatic rings. The minimum Gasteiger partial charge on any atom is -0.493 e. The molecule has 124 valence electrons. The zero-order valence-corrected chi connectivity index (χ0v) is 13.8. The fourth-order valence-corrected chi connectivity index (χ4v) is 2.33. The lowest BCUT2D eigenvalue weighted by Gasteiger charge is -2.14. The molecular weight excluding hydrogens is 308 g/mol. The molecule has 7 nitrogen and oxygen atoms in total. The van der Waals surface area contributed by atoms with Crippen LogP contribution in [-0.2, 0) is 6.61 Å². The second kappa shape index (κ2) is 6.99. The fourth-order valence-electron chi connectivity index (χ4n) is 2.33. The van der Waals surface area contributed by atoms with Crippen LogP contribution in [0.25, 0.3) is 5.69 Å². The highest BCUT2D eigenvalue weighted by molar-refractivity contribution is 5.47. The molecule has 0 fully saturated rings. The molecule has 0 amide bonds. The number of ether oxygens (including phenoxy) is 3. The predicted molar refractivity (Wildman–Crippen MR) is 87.8 cm³/mol. The first kappa shape index (κ1) is 15.8. The molecule has 0 aliphatic carbocycles. The number of rotatable bonds is 6. The lowest BCUT2D eigenvalue weighted by atomic mass is 10.1. The van der Waals surface area contributed by atoms with Crippen LogP contribution in [0.4, 0.5) is 0 Å². The third kappa shape index (κ3) is 3.29. The topological polar surface area (TPSA) is 71.3 Å². The van der Waals surface area contributed by atoms with Crippen LogP contribution >= 0.6 is 0 Å². The van der Waals surface area contributed by atoms with Gasteiger partial charge in [-0.15, -0.1) is 5.10 Å². The summed E-state index contributed by atoms with van der Waals surface area (Å²) in [6, 6.07) is 11.4. The molecule has 0 aliphatic rings. The van der Waals surface area contributed by atoms with Crippen molar-refractivity contribution in [3.63, 3.8) is 0 Å². The molecule has 0 saturated carbocycles. The van der Waals surface area contributed by atoms with Gasteiger partial charge in [-0.25, -0.2) is 4.68 Å². The molecule has 1 aromatic heterocycles. The van der Waals surface area contributed by atoms with E-state index < -0.39 is 0 Å². The van der Waals surface area contributed by atoms with Gasteiger partial charge >= 0.3 is 0 Å². The summed E-state index contributed by atoms with van der Waals surface area (Å²) in [5.41, 5.74) is 2.94. The van der Waals surface area contributed by atoms with Crippen molar-refractivity contribution < 1.29 is 14.2 Å². The quantitative estimate of drug-likeness (QED) is 0.693. The summed E-state index contributed by atoms with van der Waals surface area (Å²) in [5, 5.41) is 11.1. The van der Waals surface area contributed by atoms with Gasteiger partial charge in [0.05, 0.1) is 19.9 Å². The van der Waals surface area contributed by atoms with Gasteiger partial charge in [0.1, 0.15) is 18.7 Å². The van der Waals surface area contributed by atoms with E-state index in [-0.39, 0.29) is 0 Å². The van der Waals surface area contributed by atoms with Gasteiger partial charge in [0.25, 0.3) is 0 Å². The smallest absolute Gasteiger partial charge is 0.161 e. The Morgan fingerprint density at radius 1 is 1.04 bits per heavy atom. The molecule has 0 atom stereocenters. The molecule has 0 saturated heterocycles. The Balaban J connectivity index is 1.78. The van der Waals surface area contributed by atoms with E-state index in [1.807, 2.05) is 43.3 Å². The first-order valence-corrected chi connectivity index (χ1v) is 7.39. The summed E-state index contributed by atoms with van der Waals surface area (Å²) in [6.45, 7) is 2.43. The second-order valence-corrected chi connectivity index (χ2v) is 5.17. The molecule has 24 heavy (non-hydrogen) atoms. The lowest BCUT2D eigenvalue weighted by molar-refractivity contribution is 0.302. The maximum atomic E-state index is 5.91. The third-order valence-corrected chi connectivity index (χ3v) is 3.67. The average molecular weight is 326 g/mol. The molecule has 3 rings (SSSR count). The number of methoxy groups -OCH3 is 2. The van der Waals surface area contributed by atoms with Gasteiger partial charge < -0.3 is 14.2 Å². The minimum absolute atomic E-state index is 0.422. The van der Waals surface area contributed by atoms with Crippen LogP contribution in [0.2, 0.25) is 0 Å². The van der Waals surface area contributed by atoms with Gasteiger partial charge in [-0.2, -0.15) is 0 Å². The molecule has 2 aromatic carbocycles. The summed E-state index contributed by atoms with van der Waals surface area (Å²) in [5.74, 6) is 2.13. The van der Waals surface area contributed by atoms with E-state index in [9.17, 15) is 0 Å². The van der Waals surface area contributed by atoms with Crippen molar-refractivity contribution in [2.45, 2.75) is 13.5 Å². The van der Waals surface area contributed by atoms with Crippen molar-refractivity contribution >= 4 is 0 Å². The van der Waals surface area contributed by atoms with Crippen molar-refractivity contribution in [2.24, 2.45) is 0 Å². The standard InChI is InChI=1S/C17H18N4O3/c1-12-7-16(22-2)17(23-3)8-13(12)10-24-15-6-4-5-14(9-15)21-11-18-19-20-21/h4-9,11H,10H2,1-3H3. The van der Waals surface area contributed by atoms with E-state index in [1.54, 1.807) is 18.9 Å². The van der Waals surface area contributed by atoms with E-state index in [0.717, 1.165) is 22.6 Å². The normalized spacial score (nSPS) is 10.5. The van der Waals surface area contributed by atoms with Crippen LogP contribution in [0.3, 0.4) is 0 Å². The summed E-state index contributed by atoms with van der Waals surface area (Å²) >= 11 is 0. The maximum absolute atomic E-state index is 5.91. The van der Waals surface area contributed by atoms with Gasteiger partial charge in [0, 0.05) is 6.07 Å². The SMILES string of the molecule is COc1cc(C)c(COc2cccc(-n3cnnn3)c2)cc1OC. The molecule has 0 unspecified atom stereocenters. The van der Waals surface area contributed by atoms with Gasteiger partial charge in [0.15, 0.2) is 11.5 Å². The van der Waals surface area contributed by atoms with Crippen LogP contribution in [0, 0.1) is 6.92 Å². The number of aromatic nitrogens is 4. The monoisotopic (exact) mass is 326 g/mol. The Labute approximate surface area is 139 Å². The van der Waals surface area contributed by atoms with E-state index in [0.29, 0.717) is 18.1 Å². The van der Waals surface area contributed by atoms with E-state index in [1.165, 1.54) is 6.33 Å². The average Bonchev–Trinajstić information content (AvgIpc) is 3.15.